The van der Waals surface area contributed by atoms with Crippen molar-refractivity contribution in [3.63, 3.8) is 0 Å². The fourth-order valence-electron chi connectivity index (χ4n) is 5.16. The van der Waals surface area contributed by atoms with E-state index >= 15 is 0 Å². The van der Waals surface area contributed by atoms with Crippen LogP contribution in [0.25, 0.3) is 11.1 Å². The molecule has 20 nitrogen and oxygen atoms in total. The molecule has 0 unspecified atom stereocenters. The van der Waals surface area contributed by atoms with Gasteiger partial charge in [-0.2, -0.15) is 20.4 Å². The molecule has 4 rings (SSSR count). The molecule has 0 fully saturated rings. The van der Waals surface area contributed by atoms with E-state index in [0.717, 1.165) is 5.56 Å². The molecular formula is C38H44N18O2. The Balaban J connectivity index is 1.78. The lowest BCUT2D eigenvalue weighted by Crippen LogP contribution is -2.27. The number of nitrogens with zero attached hydrogens (tertiary/aromatic N) is 4. The molecule has 0 aromatic heterocycles. The van der Waals surface area contributed by atoms with Gasteiger partial charge in [-0.05, 0) is 93.4 Å². The molecule has 4 aromatic rings. The smallest absolute Gasteiger partial charge is 0.255 e. The van der Waals surface area contributed by atoms with Gasteiger partial charge in [0.2, 0.25) is 23.8 Å². The molecule has 18 N–H and O–H groups in total. The van der Waals surface area contributed by atoms with Crippen LogP contribution in [0.4, 0.5) is 11.4 Å². The second-order valence-electron chi connectivity index (χ2n) is 12.6. The molecule has 0 bridgehead atoms. The minimum absolute atomic E-state index is 0.164. The Bertz CT molecular complexity index is 2150. The first kappa shape index (κ1) is 42.3. The maximum absolute atomic E-state index is 14.1. The Morgan fingerprint density at radius 2 is 0.724 bits per heavy atom. The van der Waals surface area contributed by atoms with Crippen LogP contribution in [-0.2, 0) is 0 Å². The molecule has 4 aromatic carbocycles. The highest BCUT2D eigenvalue weighted by atomic mass is 16.2. The number of rotatable bonds is 13. The van der Waals surface area contributed by atoms with Gasteiger partial charge in [-0.15, -0.1) is 0 Å². The summed E-state index contributed by atoms with van der Waals surface area (Å²) in [5.41, 5.74) is 37.6. The first-order valence-electron chi connectivity index (χ1n) is 17.2. The third-order valence-electron chi connectivity index (χ3n) is 7.99. The lowest BCUT2D eigenvalue weighted by molar-refractivity contribution is 0.102. The van der Waals surface area contributed by atoms with Crippen LogP contribution in [0.1, 0.15) is 70.7 Å². The number of benzene rings is 4. The zero-order valence-electron chi connectivity index (χ0n) is 32.0. The number of carbonyl (C=O) groups excluding carboxylic acids is 2. The van der Waals surface area contributed by atoms with Gasteiger partial charge < -0.3 is 33.6 Å². The molecule has 0 aliphatic heterocycles. The highest BCUT2D eigenvalue weighted by Crippen LogP contribution is 2.26. The molecule has 20 heteroatoms. The molecule has 0 atom stereocenters. The van der Waals surface area contributed by atoms with Gasteiger partial charge in [-0.3, -0.25) is 31.2 Å². The topological polar surface area (TPSA) is 355 Å². The Labute approximate surface area is 333 Å². The van der Waals surface area contributed by atoms with Crippen LogP contribution in [-0.4, -0.2) is 58.5 Å². The Kier molecular flexibility index (Phi) is 14.0. The zero-order valence-corrected chi connectivity index (χ0v) is 32.0. The number of nitrogens with two attached hydrogens (primary N) is 4. The minimum atomic E-state index is -0.540. The van der Waals surface area contributed by atoms with Gasteiger partial charge in [-0.25, -0.2) is 21.7 Å². The van der Waals surface area contributed by atoms with Crippen molar-refractivity contribution >= 4 is 69.9 Å². The summed E-state index contributed by atoms with van der Waals surface area (Å²) >= 11 is 0. The van der Waals surface area contributed by atoms with Crippen molar-refractivity contribution in [2.75, 3.05) is 10.6 Å². The van der Waals surface area contributed by atoms with Crippen LogP contribution in [0.2, 0.25) is 0 Å². The lowest BCUT2D eigenvalue weighted by atomic mass is 9.98. The molecule has 0 saturated carbocycles. The summed E-state index contributed by atoms with van der Waals surface area (Å²) in [4.78, 5) is 28.2. The predicted molar refractivity (Wildman–Crippen MR) is 230 cm³/mol. The molecule has 58 heavy (non-hydrogen) atoms. The number of carbonyl (C=O) groups is 2. The Hall–Kier alpha value is -8.42. The summed E-state index contributed by atoms with van der Waals surface area (Å²) in [5, 5.41) is 52.2. The monoisotopic (exact) mass is 784 g/mol. The van der Waals surface area contributed by atoms with Gasteiger partial charge in [-0.1, -0.05) is 30.3 Å². The summed E-state index contributed by atoms with van der Waals surface area (Å²) in [5.74, 6) is -2.54. The van der Waals surface area contributed by atoms with Crippen LogP contribution >= 0.6 is 0 Å². The van der Waals surface area contributed by atoms with E-state index in [-0.39, 0.29) is 35.0 Å². The Morgan fingerprint density at radius 3 is 1.02 bits per heavy atom. The average molecular weight is 785 g/mol. The van der Waals surface area contributed by atoms with Crippen molar-refractivity contribution in [2.45, 2.75) is 27.7 Å². The zero-order chi connectivity index (χ0) is 42.5. The molecular weight excluding hydrogens is 741 g/mol. The molecule has 2 amide bonds. The summed E-state index contributed by atoms with van der Waals surface area (Å²) in [6.45, 7) is 6.73. The minimum Gasteiger partial charge on any atom is -0.369 e. The first-order valence-corrected chi connectivity index (χ1v) is 17.2. The second kappa shape index (κ2) is 19.3. The van der Waals surface area contributed by atoms with Crippen molar-refractivity contribution in [2.24, 2.45) is 43.3 Å². The van der Waals surface area contributed by atoms with E-state index in [0.29, 0.717) is 62.0 Å². The standard InChI is InChI=1S/C38H44N18O2/c1-19(49-53-35(39)40)24-10-25(20(2)50-54-36(41)42)16-31(15-24)47-33(57)29-12-28(23-8-6-5-7-9-23)13-30(14-29)34(58)48-32-17-26(21(3)51-55-37(43)44)11-27(18-32)22(4)52-56-38(45)46/h5-18H,1-4H3,(H,47,57)(H,48,58)(H4,39,40,53)(H4,41,42,54)(H4,43,44,55)(H4,45,46,56)/b49-19-,50-20-,51-21-,52-22+. The number of nitrogens with one attached hydrogen (secondary N) is 10. The third kappa shape index (κ3) is 12.3. The number of amides is 2. The predicted octanol–water partition coefficient (Wildman–Crippen LogP) is 2.69. The van der Waals surface area contributed by atoms with Crippen LogP contribution < -0.4 is 55.3 Å². The maximum atomic E-state index is 14.1. The van der Waals surface area contributed by atoms with Crippen LogP contribution in [0.5, 0.6) is 0 Å². The second-order valence-corrected chi connectivity index (χ2v) is 12.6. The summed E-state index contributed by atoms with van der Waals surface area (Å²) in [6.07, 6.45) is 0. The third-order valence-corrected chi connectivity index (χ3v) is 7.99. The van der Waals surface area contributed by atoms with Gasteiger partial charge in [0.1, 0.15) is 0 Å². The van der Waals surface area contributed by atoms with Gasteiger partial charge in [0.05, 0.1) is 22.8 Å². The van der Waals surface area contributed by atoms with Gasteiger partial charge in [0, 0.05) is 44.8 Å². The van der Waals surface area contributed by atoms with E-state index in [4.69, 9.17) is 44.6 Å². The van der Waals surface area contributed by atoms with Crippen LogP contribution in [0.3, 0.4) is 0 Å². The van der Waals surface area contributed by atoms with Crippen molar-refractivity contribution in [3.05, 3.63) is 118 Å². The van der Waals surface area contributed by atoms with E-state index in [1.165, 1.54) is 6.07 Å². The van der Waals surface area contributed by atoms with Gasteiger partial charge in [0.15, 0.2) is 0 Å². The van der Waals surface area contributed by atoms with E-state index < -0.39 is 11.8 Å². The van der Waals surface area contributed by atoms with Crippen molar-refractivity contribution < 1.29 is 9.59 Å². The molecule has 0 aliphatic rings. The summed E-state index contributed by atoms with van der Waals surface area (Å²) < 4.78 is 0. The van der Waals surface area contributed by atoms with Crippen LogP contribution in [0.15, 0.2) is 105 Å². The van der Waals surface area contributed by atoms with Crippen molar-refractivity contribution in [1.29, 1.82) is 21.6 Å². The van der Waals surface area contributed by atoms with E-state index in [2.05, 4.69) is 52.7 Å². The normalized spacial score (nSPS) is 11.9. The molecule has 0 heterocycles. The summed E-state index contributed by atoms with van der Waals surface area (Å²) in [6, 6.07) is 24.2. The number of hydrogen-bond donors (Lipinski definition) is 14. The largest absolute Gasteiger partial charge is 0.369 e. The quantitative estimate of drug-likeness (QED) is 0.0534. The summed E-state index contributed by atoms with van der Waals surface area (Å²) in [7, 11) is 0. The number of hydrogen-bond acceptors (Lipinski definition) is 10. The molecule has 298 valence electrons. The van der Waals surface area contributed by atoms with E-state index in [1.54, 1.807) is 76.2 Å². The molecule has 0 saturated heterocycles. The van der Waals surface area contributed by atoms with Crippen LogP contribution in [0, 0.1) is 21.6 Å². The molecule has 0 aliphatic carbocycles. The number of guanidine groups is 4. The Morgan fingerprint density at radius 1 is 0.431 bits per heavy atom. The maximum Gasteiger partial charge on any atom is 0.255 e. The van der Waals surface area contributed by atoms with Gasteiger partial charge >= 0.3 is 0 Å². The van der Waals surface area contributed by atoms with Gasteiger partial charge in [0.25, 0.3) is 11.8 Å². The average Bonchev–Trinajstić information content (AvgIpc) is 3.19. The van der Waals surface area contributed by atoms with E-state index in [9.17, 15) is 9.59 Å². The fourth-order valence-corrected chi connectivity index (χ4v) is 5.16. The highest BCUT2D eigenvalue weighted by Gasteiger charge is 2.17. The molecule has 0 spiro atoms. The fraction of sp³-hybridized carbons (Fsp3) is 0.105. The number of anilines is 2. The van der Waals surface area contributed by atoms with Crippen molar-refractivity contribution in [1.82, 2.24) is 21.7 Å². The molecule has 0 radical (unpaired) electrons. The number of hydrazone groups is 4. The first-order chi connectivity index (χ1) is 27.5. The van der Waals surface area contributed by atoms with Crippen molar-refractivity contribution in [3.8, 4) is 11.1 Å². The SMILES string of the molecule is C/C(=N/NC(=N)N)c1cc(NC(=O)c2cc(C(=O)Nc3cc(/C(C)=N\NC(=N)N)cc(/C(C)=N/NC(=N)N)c3)cc(-c3ccccc3)c2)cc(/C(C)=N\NC(=N)N)c1. The highest BCUT2D eigenvalue weighted by molar-refractivity contribution is 6.12. The lowest BCUT2D eigenvalue weighted by Gasteiger charge is -2.14. The van der Waals surface area contributed by atoms with E-state index in [1.807, 2.05) is 30.3 Å².